The van der Waals surface area contributed by atoms with Gasteiger partial charge in [0.1, 0.15) is 0 Å². The predicted molar refractivity (Wildman–Crippen MR) is 73.4 cm³/mol. The van der Waals surface area contributed by atoms with Crippen LogP contribution in [0.3, 0.4) is 0 Å². The Kier molecular flexibility index (Phi) is 6.18. The lowest BCUT2D eigenvalue weighted by Crippen LogP contribution is -2.48. The first kappa shape index (κ1) is 14.5. The molecule has 2 rings (SSSR count). The quantitative estimate of drug-likeness (QED) is 0.701. The third-order valence-electron chi connectivity index (χ3n) is 3.77. The van der Waals surface area contributed by atoms with Crippen LogP contribution in [0.5, 0.6) is 0 Å². The molecule has 5 heteroatoms. The molecule has 0 saturated carbocycles. The summed E-state index contributed by atoms with van der Waals surface area (Å²) in [7, 11) is 2.17. The number of likely N-dealkylation sites (tertiary alicyclic amines) is 1. The zero-order valence-corrected chi connectivity index (χ0v) is 12.1. The van der Waals surface area contributed by atoms with Gasteiger partial charge in [-0.1, -0.05) is 0 Å². The van der Waals surface area contributed by atoms with E-state index < -0.39 is 0 Å². The van der Waals surface area contributed by atoms with Crippen LogP contribution < -0.4 is 0 Å². The van der Waals surface area contributed by atoms with Crippen molar-refractivity contribution in [2.24, 2.45) is 0 Å². The molecule has 2 aliphatic rings. The average Bonchev–Trinajstić information content (AvgIpc) is 2.38. The number of alkyl halides is 1. The summed E-state index contributed by atoms with van der Waals surface area (Å²) in [6.07, 6.45) is 3.04. The molecule has 2 fully saturated rings. The van der Waals surface area contributed by atoms with Gasteiger partial charge in [-0.3, -0.25) is 0 Å². The molecule has 1 atom stereocenters. The van der Waals surface area contributed by atoms with Gasteiger partial charge in [0, 0.05) is 38.6 Å². The van der Waals surface area contributed by atoms with Crippen LogP contribution >= 0.6 is 11.6 Å². The van der Waals surface area contributed by atoms with Gasteiger partial charge in [-0.15, -0.1) is 11.6 Å². The number of nitrogens with zero attached hydrogens (tertiary/aromatic N) is 2. The molecule has 0 bridgehead atoms. The van der Waals surface area contributed by atoms with Gasteiger partial charge < -0.3 is 19.3 Å². The van der Waals surface area contributed by atoms with Crippen LogP contribution in [0.15, 0.2) is 0 Å². The van der Waals surface area contributed by atoms with Gasteiger partial charge in [0.2, 0.25) is 0 Å². The summed E-state index contributed by atoms with van der Waals surface area (Å²) < 4.78 is 11.5. The Morgan fingerprint density at radius 2 is 2.06 bits per heavy atom. The van der Waals surface area contributed by atoms with Crippen molar-refractivity contribution in [3.63, 3.8) is 0 Å². The standard InChI is InChI=1S/C13H25ClN2O2/c1-15-7-9-18-13(10-15)11-16-5-2-12(3-6-16)17-8-4-14/h12-13H,2-11H2,1H3. The van der Waals surface area contributed by atoms with Gasteiger partial charge in [-0.05, 0) is 19.9 Å². The maximum absolute atomic E-state index is 5.81. The van der Waals surface area contributed by atoms with E-state index in [0.717, 1.165) is 52.2 Å². The first-order valence-electron chi connectivity index (χ1n) is 6.98. The van der Waals surface area contributed by atoms with Crippen molar-refractivity contribution in [3.8, 4) is 0 Å². The van der Waals surface area contributed by atoms with Crippen LogP contribution in [-0.2, 0) is 9.47 Å². The Bertz CT molecular complexity index is 235. The highest BCUT2D eigenvalue weighted by Gasteiger charge is 2.24. The number of hydrogen-bond acceptors (Lipinski definition) is 4. The number of rotatable bonds is 5. The van der Waals surface area contributed by atoms with Crippen LogP contribution in [0.25, 0.3) is 0 Å². The first-order chi connectivity index (χ1) is 8.78. The number of ether oxygens (including phenoxy) is 2. The molecule has 2 aliphatic heterocycles. The van der Waals surface area contributed by atoms with E-state index in [0.29, 0.717) is 24.7 Å². The Morgan fingerprint density at radius 1 is 1.28 bits per heavy atom. The Labute approximate surface area is 115 Å². The predicted octanol–water partition coefficient (Wildman–Crippen LogP) is 1.04. The Morgan fingerprint density at radius 3 is 2.72 bits per heavy atom. The third-order valence-corrected chi connectivity index (χ3v) is 3.92. The summed E-state index contributed by atoms with van der Waals surface area (Å²) in [6, 6.07) is 0. The van der Waals surface area contributed by atoms with Crippen LogP contribution in [0.1, 0.15) is 12.8 Å². The molecule has 2 saturated heterocycles. The second-order valence-corrected chi connectivity index (χ2v) is 5.69. The topological polar surface area (TPSA) is 24.9 Å². The van der Waals surface area contributed by atoms with Crippen molar-refractivity contribution in [2.45, 2.75) is 25.0 Å². The molecule has 1 unspecified atom stereocenters. The van der Waals surface area contributed by atoms with E-state index in [1.54, 1.807) is 0 Å². The van der Waals surface area contributed by atoms with Crippen LogP contribution in [0.2, 0.25) is 0 Å². The van der Waals surface area contributed by atoms with Crippen molar-refractivity contribution in [2.75, 3.05) is 58.9 Å². The second-order valence-electron chi connectivity index (χ2n) is 5.31. The minimum atomic E-state index is 0.379. The van der Waals surface area contributed by atoms with Crippen LogP contribution in [-0.4, -0.2) is 80.9 Å². The maximum atomic E-state index is 5.81. The summed E-state index contributed by atoms with van der Waals surface area (Å²) in [5, 5.41) is 0. The summed E-state index contributed by atoms with van der Waals surface area (Å²) in [5.41, 5.74) is 0. The molecule has 0 spiro atoms. The van der Waals surface area contributed by atoms with Gasteiger partial charge in [0.15, 0.2) is 0 Å². The van der Waals surface area contributed by atoms with Gasteiger partial charge in [0.25, 0.3) is 0 Å². The molecule has 18 heavy (non-hydrogen) atoms. The molecule has 0 aromatic heterocycles. The van der Waals surface area contributed by atoms with Crippen molar-refractivity contribution in [3.05, 3.63) is 0 Å². The highest BCUT2D eigenvalue weighted by molar-refractivity contribution is 6.17. The highest BCUT2D eigenvalue weighted by Crippen LogP contribution is 2.15. The molecular weight excluding hydrogens is 252 g/mol. The van der Waals surface area contributed by atoms with E-state index in [1.807, 2.05) is 0 Å². The number of piperidine rings is 1. The fourth-order valence-electron chi connectivity index (χ4n) is 2.73. The minimum Gasteiger partial charge on any atom is -0.377 e. The number of hydrogen-bond donors (Lipinski definition) is 0. The molecule has 0 aliphatic carbocycles. The molecule has 106 valence electrons. The molecule has 0 radical (unpaired) electrons. The molecule has 4 nitrogen and oxygen atoms in total. The molecule has 0 amide bonds. The van der Waals surface area contributed by atoms with Crippen molar-refractivity contribution < 1.29 is 9.47 Å². The number of morpholine rings is 1. The molecule has 2 heterocycles. The summed E-state index contributed by atoms with van der Waals surface area (Å²) >= 11 is 5.64. The fraction of sp³-hybridized carbons (Fsp3) is 1.00. The van der Waals surface area contributed by atoms with Crippen molar-refractivity contribution >= 4 is 11.6 Å². The monoisotopic (exact) mass is 276 g/mol. The normalized spacial score (nSPS) is 28.7. The van der Waals surface area contributed by atoms with E-state index in [4.69, 9.17) is 21.1 Å². The fourth-order valence-corrected chi connectivity index (χ4v) is 2.82. The van der Waals surface area contributed by atoms with Crippen molar-refractivity contribution in [1.29, 1.82) is 0 Å². The number of likely N-dealkylation sites (N-methyl/N-ethyl adjacent to an activating group) is 1. The van der Waals surface area contributed by atoms with E-state index in [2.05, 4.69) is 16.8 Å². The van der Waals surface area contributed by atoms with Gasteiger partial charge in [-0.2, -0.15) is 0 Å². The van der Waals surface area contributed by atoms with Crippen molar-refractivity contribution in [1.82, 2.24) is 9.80 Å². The SMILES string of the molecule is CN1CCOC(CN2CCC(OCCCl)CC2)C1. The Hall–Kier alpha value is 0.130. The minimum absolute atomic E-state index is 0.379. The summed E-state index contributed by atoms with van der Waals surface area (Å²) in [4.78, 5) is 4.86. The van der Waals surface area contributed by atoms with Gasteiger partial charge >= 0.3 is 0 Å². The smallest absolute Gasteiger partial charge is 0.0829 e. The zero-order valence-electron chi connectivity index (χ0n) is 11.3. The largest absolute Gasteiger partial charge is 0.377 e. The highest BCUT2D eigenvalue weighted by atomic mass is 35.5. The lowest BCUT2D eigenvalue weighted by atomic mass is 10.1. The van der Waals surface area contributed by atoms with E-state index in [1.165, 1.54) is 0 Å². The lowest BCUT2D eigenvalue weighted by Gasteiger charge is -2.37. The molecule has 0 aromatic carbocycles. The van der Waals surface area contributed by atoms with E-state index >= 15 is 0 Å². The van der Waals surface area contributed by atoms with Crippen LogP contribution in [0.4, 0.5) is 0 Å². The molecule has 0 aromatic rings. The van der Waals surface area contributed by atoms with Gasteiger partial charge in [0.05, 0.1) is 25.4 Å². The summed E-state index contributed by atoms with van der Waals surface area (Å²) in [6.45, 7) is 6.98. The second kappa shape index (κ2) is 7.65. The summed E-state index contributed by atoms with van der Waals surface area (Å²) in [5.74, 6) is 0.600. The Balaban J connectivity index is 1.63. The third kappa shape index (κ3) is 4.67. The molecule has 0 N–H and O–H groups in total. The lowest BCUT2D eigenvalue weighted by molar-refractivity contribution is -0.0480. The zero-order chi connectivity index (χ0) is 12.8. The molecular formula is C13H25ClN2O2. The van der Waals surface area contributed by atoms with Gasteiger partial charge in [-0.25, -0.2) is 0 Å². The van der Waals surface area contributed by atoms with Crippen LogP contribution in [0, 0.1) is 0 Å². The van der Waals surface area contributed by atoms with E-state index in [-0.39, 0.29) is 0 Å². The first-order valence-corrected chi connectivity index (χ1v) is 7.51. The van der Waals surface area contributed by atoms with E-state index in [9.17, 15) is 0 Å². The number of halogens is 1. The average molecular weight is 277 g/mol. The maximum Gasteiger partial charge on any atom is 0.0829 e.